The Bertz CT molecular complexity index is 698. The van der Waals surface area contributed by atoms with Crippen LogP contribution in [0.25, 0.3) is 11.0 Å². The van der Waals surface area contributed by atoms with Gasteiger partial charge in [-0.3, -0.25) is 0 Å². The molecule has 1 aliphatic heterocycles. The molecule has 1 aromatic heterocycles. The maximum atomic E-state index is 11.9. The van der Waals surface area contributed by atoms with Crippen LogP contribution in [-0.2, 0) is 6.54 Å². The lowest BCUT2D eigenvalue weighted by Crippen LogP contribution is -2.44. The third kappa shape index (κ3) is 3.33. The maximum Gasteiger partial charge on any atom is 0.317 e. The van der Waals surface area contributed by atoms with Gasteiger partial charge in [0.05, 0.1) is 17.4 Å². The Kier molecular flexibility index (Phi) is 4.55. The molecule has 0 saturated carbocycles. The number of fused-ring (bicyclic) bond motifs is 1. The van der Waals surface area contributed by atoms with Crippen LogP contribution in [-0.4, -0.2) is 40.1 Å². The summed E-state index contributed by atoms with van der Waals surface area (Å²) < 4.78 is 2.27. The number of aryl methyl sites for hydroxylation is 2. The summed E-state index contributed by atoms with van der Waals surface area (Å²) in [4.78, 5) is 18.3. The standard InChI is InChI=1S/C18H26N4O/c1-4-19-18(23)21-7-5-15(6-8-21)11-22-12-20-16-9-13(2)14(3)10-17(16)22/h9-10,12,15H,4-8,11H2,1-3H3,(H,19,23). The van der Waals surface area contributed by atoms with Gasteiger partial charge in [0.25, 0.3) is 0 Å². The quantitative estimate of drug-likeness (QED) is 0.946. The summed E-state index contributed by atoms with van der Waals surface area (Å²) in [5.41, 5.74) is 4.90. The second-order valence-corrected chi connectivity index (χ2v) is 6.59. The average Bonchev–Trinajstić information content (AvgIpc) is 2.91. The highest BCUT2D eigenvalue weighted by molar-refractivity contribution is 5.77. The van der Waals surface area contributed by atoms with Gasteiger partial charge >= 0.3 is 6.03 Å². The van der Waals surface area contributed by atoms with Gasteiger partial charge in [-0.1, -0.05) is 0 Å². The molecule has 124 valence electrons. The van der Waals surface area contributed by atoms with E-state index in [-0.39, 0.29) is 6.03 Å². The minimum absolute atomic E-state index is 0.0742. The molecule has 5 nitrogen and oxygen atoms in total. The molecule has 3 rings (SSSR count). The molecule has 0 aliphatic carbocycles. The van der Waals surface area contributed by atoms with Gasteiger partial charge < -0.3 is 14.8 Å². The minimum Gasteiger partial charge on any atom is -0.338 e. The van der Waals surface area contributed by atoms with E-state index in [1.807, 2.05) is 18.2 Å². The first kappa shape index (κ1) is 15.8. The highest BCUT2D eigenvalue weighted by Crippen LogP contribution is 2.23. The van der Waals surface area contributed by atoms with Crippen molar-refractivity contribution in [3.8, 4) is 0 Å². The summed E-state index contributed by atoms with van der Waals surface area (Å²) in [5.74, 6) is 0.611. The first-order chi connectivity index (χ1) is 11.1. The van der Waals surface area contributed by atoms with Crippen LogP contribution < -0.4 is 5.32 Å². The SMILES string of the molecule is CCNC(=O)N1CCC(Cn2cnc3cc(C)c(C)cc32)CC1. The summed E-state index contributed by atoms with van der Waals surface area (Å²) in [6.07, 6.45) is 4.07. The molecule has 0 atom stereocenters. The fourth-order valence-corrected chi connectivity index (χ4v) is 3.32. The Balaban J connectivity index is 1.65. The van der Waals surface area contributed by atoms with Crippen molar-refractivity contribution in [2.45, 2.75) is 40.2 Å². The average molecular weight is 314 g/mol. The number of carbonyl (C=O) groups is 1. The predicted octanol–water partition coefficient (Wildman–Crippen LogP) is 3.09. The van der Waals surface area contributed by atoms with E-state index >= 15 is 0 Å². The summed E-state index contributed by atoms with van der Waals surface area (Å²) in [5, 5.41) is 2.88. The topological polar surface area (TPSA) is 50.2 Å². The van der Waals surface area contributed by atoms with Gasteiger partial charge in [0.15, 0.2) is 0 Å². The van der Waals surface area contributed by atoms with E-state index in [4.69, 9.17) is 0 Å². The van der Waals surface area contributed by atoms with E-state index < -0.39 is 0 Å². The monoisotopic (exact) mass is 314 g/mol. The van der Waals surface area contributed by atoms with E-state index in [1.165, 1.54) is 16.6 Å². The fourth-order valence-electron chi connectivity index (χ4n) is 3.32. The molecule has 1 aliphatic rings. The number of aromatic nitrogens is 2. The van der Waals surface area contributed by atoms with Gasteiger partial charge in [0.1, 0.15) is 0 Å². The number of nitrogens with one attached hydrogen (secondary N) is 1. The Morgan fingerprint density at radius 2 is 1.96 bits per heavy atom. The van der Waals surface area contributed by atoms with E-state index in [9.17, 15) is 4.79 Å². The Morgan fingerprint density at radius 1 is 1.26 bits per heavy atom. The zero-order valence-electron chi connectivity index (χ0n) is 14.3. The number of rotatable bonds is 3. The summed E-state index contributed by atoms with van der Waals surface area (Å²) in [6, 6.07) is 4.48. The predicted molar refractivity (Wildman–Crippen MR) is 92.6 cm³/mol. The number of likely N-dealkylation sites (tertiary alicyclic amines) is 1. The number of imidazole rings is 1. The summed E-state index contributed by atoms with van der Waals surface area (Å²) in [6.45, 7) is 9.61. The van der Waals surface area contributed by atoms with E-state index in [0.29, 0.717) is 12.5 Å². The van der Waals surface area contributed by atoms with E-state index in [2.05, 4.69) is 40.8 Å². The molecule has 23 heavy (non-hydrogen) atoms. The largest absolute Gasteiger partial charge is 0.338 e. The molecule has 1 aromatic carbocycles. The highest BCUT2D eigenvalue weighted by atomic mass is 16.2. The van der Waals surface area contributed by atoms with Crippen LogP contribution in [0.4, 0.5) is 4.79 Å². The molecule has 0 unspecified atom stereocenters. The maximum absolute atomic E-state index is 11.9. The number of hydrogen-bond donors (Lipinski definition) is 1. The molecule has 0 bridgehead atoms. The smallest absolute Gasteiger partial charge is 0.317 e. The number of piperidine rings is 1. The molecule has 1 N–H and O–H groups in total. The first-order valence-corrected chi connectivity index (χ1v) is 8.53. The van der Waals surface area contributed by atoms with Gasteiger partial charge in [-0.15, -0.1) is 0 Å². The van der Waals surface area contributed by atoms with Crippen molar-refractivity contribution >= 4 is 17.1 Å². The molecular weight excluding hydrogens is 288 g/mol. The number of amides is 2. The van der Waals surface area contributed by atoms with Crippen LogP contribution in [0.1, 0.15) is 30.9 Å². The first-order valence-electron chi connectivity index (χ1n) is 8.53. The van der Waals surface area contributed by atoms with Gasteiger partial charge in [-0.2, -0.15) is 0 Å². The molecule has 0 spiro atoms. The van der Waals surface area contributed by atoms with E-state index in [1.54, 1.807) is 0 Å². The van der Waals surface area contributed by atoms with Crippen LogP contribution in [0.2, 0.25) is 0 Å². The second kappa shape index (κ2) is 6.60. The summed E-state index contributed by atoms with van der Waals surface area (Å²) in [7, 11) is 0. The molecular formula is C18H26N4O. The molecule has 2 amide bonds. The van der Waals surface area contributed by atoms with Crippen molar-refractivity contribution in [2.75, 3.05) is 19.6 Å². The van der Waals surface area contributed by atoms with Gasteiger partial charge in [0.2, 0.25) is 0 Å². The zero-order valence-corrected chi connectivity index (χ0v) is 14.3. The molecule has 0 radical (unpaired) electrons. The van der Waals surface area contributed by atoms with Gasteiger partial charge in [-0.05, 0) is 62.8 Å². The van der Waals surface area contributed by atoms with Crippen molar-refractivity contribution in [3.63, 3.8) is 0 Å². The normalized spacial score (nSPS) is 16.0. The van der Waals surface area contributed by atoms with Crippen LogP contribution >= 0.6 is 0 Å². The van der Waals surface area contributed by atoms with Crippen LogP contribution in [0.3, 0.4) is 0 Å². The van der Waals surface area contributed by atoms with Crippen LogP contribution in [0, 0.1) is 19.8 Å². The highest BCUT2D eigenvalue weighted by Gasteiger charge is 2.23. The van der Waals surface area contributed by atoms with Gasteiger partial charge in [-0.25, -0.2) is 9.78 Å². The summed E-state index contributed by atoms with van der Waals surface area (Å²) >= 11 is 0. The number of nitrogens with zero attached hydrogens (tertiary/aromatic N) is 3. The second-order valence-electron chi connectivity index (χ2n) is 6.59. The van der Waals surface area contributed by atoms with Crippen molar-refractivity contribution in [1.29, 1.82) is 0 Å². The van der Waals surface area contributed by atoms with Crippen LogP contribution in [0.15, 0.2) is 18.5 Å². The Labute approximate surface area is 137 Å². The van der Waals surface area contributed by atoms with Crippen molar-refractivity contribution < 1.29 is 4.79 Å². The lowest BCUT2D eigenvalue weighted by molar-refractivity contribution is 0.166. The number of hydrogen-bond acceptors (Lipinski definition) is 2. The van der Waals surface area contributed by atoms with Crippen molar-refractivity contribution in [1.82, 2.24) is 19.8 Å². The molecule has 1 saturated heterocycles. The third-order valence-electron chi connectivity index (χ3n) is 4.92. The lowest BCUT2D eigenvalue weighted by Gasteiger charge is -2.32. The zero-order chi connectivity index (χ0) is 16.4. The number of benzene rings is 1. The number of carbonyl (C=O) groups excluding carboxylic acids is 1. The fraction of sp³-hybridized carbons (Fsp3) is 0.556. The molecule has 5 heteroatoms. The van der Waals surface area contributed by atoms with E-state index in [0.717, 1.165) is 38.0 Å². The molecule has 2 aromatic rings. The molecule has 2 heterocycles. The molecule has 1 fully saturated rings. The van der Waals surface area contributed by atoms with Crippen molar-refractivity contribution in [3.05, 3.63) is 29.6 Å². The number of urea groups is 1. The van der Waals surface area contributed by atoms with Crippen molar-refractivity contribution in [2.24, 2.45) is 5.92 Å². The minimum atomic E-state index is 0.0742. The lowest BCUT2D eigenvalue weighted by atomic mass is 9.97. The Hall–Kier alpha value is -2.04. The van der Waals surface area contributed by atoms with Crippen LogP contribution in [0.5, 0.6) is 0 Å². The third-order valence-corrected chi connectivity index (χ3v) is 4.92. The Morgan fingerprint density at radius 3 is 2.65 bits per heavy atom. The van der Waals surface area contributed by atoms with Gasteiger partial charge in [0, 0.05) is 26.2 Å².